The predicted molar refractivity (Wildman–Crippen MR) is 136 cm³/mol. The third-order valence-corrected chi connectivity index (χ3v) is 15.1. The van der Waals surface area contributed by atoms with E-state index in [0.717, 1.165) is 0 Å². The van der Waals surface area contributed by atoms with Gasteiger partial charge >= 0.3 is 0 Å². The Kier molecular flexibility index (Phi) is 14.6. The highest BCUT2D eigenvalue weighted by molar-refractivity contribution is 14.1. The van der Waals surface area contributed by atoms with Gasteiger partial charge in [0.2, 0.25) is 0 Å². The van der Waals surface area contributed by atoms with E-state index in [0.29, 0.717) is 30.7 Å². The van der Waals surface area contributed by atoms with Crippen LogP contribution >= 0.6 is 109 Å². The quantitative estimate of drug-likeness (QED) is 0.143. The maximum atomic E-state index is 6.26. The van der Waals surface area contributed by atoms with Crippen LogP contribution in [0.3, 0.4) is 0 Å². The lowest BCUT2D eigenvalue weighted by Crippen LogP contribution is -2.48. The van der Waals surface area contributed by atoms with Crippen molar-refractivity contribution in [2.45, 2.75) is 79.5 Å². The van der Waals surface area contributed by atoms with Crippen molar-refractivity contribution in [2.24, 2.45) is 0 Å². The maximum absolute atomic E-state index is 6.26. The average molecular weight is 810 g/mol. The van der Waals surface area contributed by atoms with Crippen LogP contribution in [0.2, 0.25) is 0 Å². The summed E-state index contributed by atoms with van der Waals surface area (Å²) in [5.41, 5.74) is 0. The first-order chi connectivity index (χ1) is 10.6. The van der Waals surface area contributed by atoms with E-state index in [1.165, 1.54) is 25.7 Å². The smallest absolute Gasteiger partial charge is 0.0729 e. The topological polar surface area (TPSA) is 9.23 Å². The van der Waals surface area contributed by atoms with Gasteiger partial charge in [-0.25, -0.2) is 0 Å². The molecule has 0 saturated heterocycles. The van der Waals surface area contributed by atoms with Crippen LogP contribution in [0, 0.1) is 0 Å². The number of ether oxygens (including phenoxy) is 1. The van der Waals surface area contributed by atoms with Gasteiger partial charge in [-0.15, -0.1) is 0 Å². The highest BCUT2D eigenvalue weighted by atomic mass is 127. The minimum atomic E-state index is -0.0431. The number of halogens is 6. The maximum Gasteiger partial charge on any atom is 0.0729 e. The van der Waals surface area contributed by atoms with E-state index in [9.17, 15) is 0 Å². The fraction of sp³-hybridized carbons (Fsp3) is 1.00. The summed E-state index contributed by atoms with van der Waals surface area (Å²) in [6.45, 7) is 10.3. The van der Waals surface area contributed by atoms with Crippen LogP contribution in [-0.2, 0) is 4.74 Å². The van der Waals surface area contributed by atoms with Crippen LogP contribution in [0.5, 0.6) is 0 Å². The lowest BCUT2D eigenvalue weighted by molar-refractivity contribution is 0.0947. The molecule has 0 bridgehead atoms. The Morgan fingerprint density at radius 1 is 0.826 bits per heavy atom. The summed E-state index contributed by atoms with van der Waals surface area (Å²) in [5, 5.41) is 0. The van der Waals surface area contributed by atoms with Crippen molar-refractivity contribution >= 4 is 109 Å². The van der Waals surface area contributed by atoms with Gasteiger partial charge in [-0.3, -0.25) is 0 Å². The highest BCUT2D eigenvalue weighted by Crippen LogP contribution is 2.41. The second-order valence-corrected chi connectivity index (χ2v) is 14.8. The Morgan fingerprint density at radius 2 is 1.13 bits per heavy atom. The molecular formula is C16H28Br4I2O. The molecule has 0 aromatic heterocycles. The van der Waals surface area contributed by atoms with Crippen molar-refractivity contribution in [3.63, 3.8) is 0 Å². The van der Waals surface area contributed by atoms with Crippen LogP contribution in [0.1, 0.15) is 53.4 Å². The zero-order chi connectivity index (χ0) is 18.3. The zero-order valence-corrected chi connectivity index (χ0v) is 24.9. The van der Waals surface area contributed by atoms with Gasteiger partial charge in [0.25, 0.3) is 0 Å². The molecule has 0 N–H and O–H groups in total. The molecule has 0 amide bonds. The molecule has 0 aliphatic heterocycles. The van der Waals surface area contributed by atoms with E-state index >= 15 is 0 Å². The van der Waals surface area contributed by atoms with Gasteiger partial charge in [0, 0.05) is 17.5 Å². The van der Waals surface area contributed by atoms with E-state index in [4.69, 9.17) is 4.74 Å². The molecule has 1 nitrogen and oxygen atoms in total. The molecule has 140 valence electrons. The van der Waals surface area contributed by atoms with Crippen molar-refractivity contribution in [2.75, 3.05) is 13.2 Å². The molecule has 0 aliphatic carbocycles. The lowest BCUT2D eigenvalue weighted by atomic mass is 9.98. The number of rotatable bonds is 12. The minimum absolute atomic E-state index is 0.0431. The molecule has 0 spiro atoms. The monoisotopic (exact) mass is 806 g/mol. The molecule has 7 heteroatoms. The Morgan fingerprint density at radius 3 is 1.35 bits per heavy atom. The molecule has 0 heterocycles. The van der Waals surface area contributed by atoms with Crippen LogP contribution in [0.4, 0.5) is 0 Å². The fourth-order valence-corrected chi connectivity index (χ4v) is 7.62. The second kappa shape index (κ2) is 12.7. The van der Waals surface area contributed by atoms with Gasteiger partial charge in [-0.1, -0.05) is 149 Å². The van der Waals surface area contributed by atoms with E-state index in [1.54, 1.807) is 0 Å². The molecular weight excluding hydrogens is 782 g/mol. The van der Waals surface area contributed by atoms with Gasteiger partial charge in [0.1, 0.15) is 0 Å². The van der Waals surface area contributed by atoms with Crippen molar-refractivity contribution in [1.29, 1.82) is 0 Å². The largest absolute Gasteiger partial charge is 0.378 e. The van der Waals surface area contributed by atoms with Crippen molar-refractivity contribution in [3.05, 3.63) is 0 Å². The normalized spacial score (nSPS) is 22.7. The highest BCUT2D eigenvalue weighted by Gasteiger charge is 2.42. The summed E-state index contributed by atoms with van der Waals surface area (Å²) in [6.07, 6.45) is 4.75. The van der Waals surface area contributed by atoms with Gasteiger partial charge in [-0.05, 0) is 12.8 Å². The molecule has 0 fully saturated rings. The Bertz CT molecular complexity index is 303. The SMILES string of the molecule is CCCC(I)C(Br)(COCC(Br)(C(C)Br)C(I)CCC)C(C)Br. The standard InChI is InChI=1S/C16H28Br4I2O/c1-5-7-13(21)15(19,11(3)17)9-23-10-16(20,12(4)18)14(22)8-6-2/h11-14H,5-10H2,1-4H3. The molecule has 0 aromatic rings. The Hall–Kier alpha value is 3.34. The lowest BCUT2D eigenvalue weighted by Gasteiger charge is -2.39. The van der Waals surface area contributed by atoms with Crippen LogP contribution in [0.15, 0.2) is 0 Å². The molecule has 0 aromatic carbocycles. The van der Waals surface area contributed by atoms with Crippen molar-refractivity contribution < 1.29 is 4.74 Å². The average Bonchev–Trinajstić information content (AvgIpc) is 2.46. The van der Waals surface area contributed by atoms with E-state index in [2.05, 4.69) is 137 Å². The number of hydrogen-bond donors (Lipinski definition) is 0. The molecule has 0 aliphatic rings. The molecule has 6 atom stereocenters. The molecule has 23 heavy (non-hydrogen) atoms. The number of alkyl halides is 6. The molecule has 0 radical (unpaired) electrons. The molecule has 0 rings (SSSR count). The number of hydrogen-bond acceptors (Lipinski definition) is 1. The van der Waals surface area contributed by atoms with Crippen LogP contribution in [0.25, 0.3) is 0 Å². The summed E-state index contributed by atoms with van der Waals surface area (Å²) in [4.78, 5) is 0.696. The zero-order valence-electron chi connectivity index (χ0n) is 14.2. The summed E-state index contributed by atoms with van der Waals surface area (Å²) in [5.74, 6) is 0. The van der Waals surface area contributed by atoms with Crippen molar-refractivity contribution in [1.82, 2.24) is 0 Å². The third kappa shape index (κ3) is 8.08. The van der Waals surface area contributed by atoms with Gasteiger partial charge in [0.15, 0.2) is 0 Å². The summed E-state index contributed by atoms with van der Waals surface area (Å²) >= 11 is 20.6. The summed E-state index contributed by atoms with van der Waals surface area (Å²) in [7, 11) is 0. The first-order valence-corrected chi connectivity index (χ1v) is 14.0. The predicted octanol–water partition coefficient (Wildman–Crippen LogP) is 8.04. The van der Waals surface area contributed by atoms with Gasteiger partial charge in [-0.2, -0.15) is 0 Å². The summed E-state index contributed by atoms with van der Waals surface area (Å²) < 4.78 is 7.22. The first kappa shape index (κ1) is 26.3. The van der Waals surface area contributed by atoms with E-state index < -0.39 is 0 Å². The summed E-state index contributed by atoms with van der Waals surface area (Å²) in [6, 6.07) is 0. The second-order valence-electron chi connectivity index (χ2n) is 6.09. The Labute approximate surface area is 203 Å². The third-order valence-electron chi connectivity index (χ3n) is 4.09. The molecule has 0 saturated carbocycles. The van der Waals surface area contributed by atoms with Crippen LogP contribution in [-0.4, -0.2) is 39.4 Å². The fourth-order valence-electron chi connectivity index (χ4n) is 2.26. The Balaban J connectivity index is 4.90. The van der Waals surface area contributed by atoms with E-state index in [1.807, 2.05) is 0 Å². The van der Waals surface area contributed by atoms with E-state index in [-0.39, 0.29) is 8.65 Å². The van der Waals surface area contributed by atoms with Crippen molar-refractivity contribution in [3.8, 4) is 0 Å². The minimum Gasteiger partial charge on any atom is -0.378 e. The molecule has 6 unspecified atom stereocenters. The van der Waals surface area contributed by atoms with Gasteiger partial charge < -0.3 is 4.74 Å². The first-order valence-electron chi connectivity index (χ1n) is 8.08. The van der Waals surface area contributed by atoms with Crippen LogP contribution < -0.4 is 0 Å². The van der Waals surface area contributed by atoms with Gasteiger partial charge in [0.05, 0.1) is 21.9 Å².